The third kappa shape index (κ3) is 2.41. The van der Waals surface area contributed by atoms with Crippen LogP contribution in [0.4, 0.5) is 0 Å². The first kappa shape index (κ1) is 14.0. The maximum Gasteiger partial charge on any atom is 0.254 e. The minimum Gasteiger partial charge on any atom is -0.377 e. The van der Waals surface area contributed by atoms with Crippen LogP contribution >= 0.6 is 0 Å². The number of pyridine rings is 1. The summed E-state index contributed by atoms with van der Waals surface area (Å²) in [5.74, 6) is 0.0307. The first-order valence-electron chi connectivity index (χ1n) is 7.66. The summed E-state index contributed by atoms with van der Waals surface area (Å²) in [4.78, 5) is 19.0. The Kier molecular flexibility index (Phi) is 3.38. The van der Waals surface area contributed by atoms with Crippen LogP contribution in [0.15, 0.2) is 49.2 Å². The Hall–Kier alpha value is -2.60. The molecular weight excluding hydrogens is 292 g/mol. The second-order valence-corrected chi connectivity index (χ2v) is 5.77. The highest BCUT2D eigenvalue weighted by Crippen LogP contribution is 2.26. The van der Waals surface area contributed by atoms with Crippen molar-refractivity contribution in [3.63, 3.8) is 0 Å². The van der Waals surface area contributed by atoms with Gasteiger partial charge in [0.15, 0.2) is 0 Å². The number of imidazole rings is 1. The van der Waals surface area contributed by atoms with E-state index < -0.39 is 0 Å². The van der Waals surface area contributed by atoms with Crippen LogP contribution in [-0.2, 0) is 11.8 Å². The summed E-state index contributed by atoms with van der Waals surface area (Å²) in [5.41, 5.74) is 2.68. The maximum absolute atomic E-state index is 13.0. The third-order valence-electron chi connectivity index (χ3n) is 4.38. The maximum atomic E-state index is 13.0. The zero-order chi connectivity index (χ0) is 15.8. The van der Waals surface area contributed by atoms with Crippen molar-refractivity contribution in [2.75, 3.05) is 19.8 Å². The lowest BCUT2D eigenvalue weighted by Crippen LogP contribution is -2.44. The number of hydrogen-bond donors (Lipinski definition) is 0. The standard InChI is InChI=1S/C17H18N4O2/c1-19-5-2-3-15(19)16-11-23-8-7-21(16)17(22)13-4-6-20-12-18-10-14(20)9-13/h2-6,9-10,12,16H,7-8,11H2,1H3. The lowest BCUT2D eigenvalue weighted by atomic mass is 10.1. The van der Waals surface area contributed by atoms with E-state index in [0.717, 1.165) is 11.2 Å². The van der Waals surface area contributed by atoms with Gasteiger partial charge in [-0.05, 0) is 24.3 Å². The minimum atomic E-state index is -0.0580. The molecule has 0 spiro atoms. The highest BCUT2D eigenvalue weighted by molar-refractivity contribution is 5.95. The Bertz CT molecular complexity index is 851. The van der Waals surface area contributed by atoms with Crippen molar-refractivity contribution in [2.24, 2.45) is 7.05 Å². The molecule has 1 aliphatic rings. The Morgan fingerprint density at radius 1 is 1.35 bits per heavy atom. The molecule has 3 aromatic heterocycles. The molecule has 4 rings (SSSR count). The van der Waals surface area contributed by atoms with Gasteiger partial charge in [0.1, 0.15) is 0 Å². The molecule has 0 saturated carbocycles. The van der Waals surface area contributed by atoms with Crippen molar-refractivity contribution in [3.8, 4) is 0 Å². The summed E-state index contributed by atoms with van der Waals surface area (Å²) in [6.45, 7) is 1.69. The largest absolute Gasteiger partial charge is 0.377 e. The van der Waals surface area contributed by atoms with Crippen molar-refractivity contribution in [2.45, 2.75) is 6.04 Å². The van der Waals surface area contributed by atoms with Crippen LogP contribution in [0, 0.1) is 0 Å². The second kappa shape index (κ2) is 5.55. The van der Waals surface area contributed by atoms with Crippen molar-refractivity contribution in [3.05, 3.63) is 60.4 Å². The van der Waals surface area contributed by atoms with Gasteiger partial charge in [0, 0.05) is 37.2 Å². The van der Waals surface area contributed by atoms with Crippen LogP contribution in [0.2, 0.25) is 0 Å². The highest BCUT2D eigenvalue weighted by Gasteiger charge is 2.30. The molecule has 0 aliphatic carbocycles. The molecule has 1 unspecified atom stereocenters. The number of amides is 1. The number of hydrogen-bond acceptors (Lipinski definition) is 3. The van der Waals surface area contributed by atoms with Crippen molar-refractivity contribution in [1.29, 1.82) is 0 Å². The smallest absolute Gasteiger partial charge is 0.254 e. The predicted octanol–water partition coefficient (Wildman–Crippen LogP) is 1.89. The van der Waals surface area contributed by atoms with E-state index in [1.807, 2.05) is 57.6 Å². The van der Waals surface area contributed by atoms with E-state index in [-0.39, 0.29) is 11.9 Å². The van der Waals surface area contributed by atoms with E-state index in [0.29, 0.717) is 25.3 Å². The Balaban J connectivity index is 1.68. The minimum absolute atomic E-state index is 0.0307. The molecule has 1 amide bonds. The highest BCUT2D eigenvalue weighted by atomic mass is 16.5. The summed E-state index contributed by atoms with van der Waals surface area (Å²) in [6, 6.07) is 7.70. The molecule has 4 heterocycles. The van der Waals surface area contributed by atoms with E-state index in [1.165, 1.54) is 0 Å². The first-order chi connectivity index (χ1) is 11.2. The average Bonchev–Trinajstić information content (AvgIpc) is 3.22. The molecule has 6 heteroatoms. The molecule has 0 bridgehead atoms. The van der Waals surface area contributed by atoms with E-state index in [2.05, 4.69) is 4.98 Å². The van der Waals surface area contributed by atoms with Gasteiger partial charge in [0.2, 0.25) is 0 Å². The molecule has 0 radical (unpaired) electrons. The molecule has 118 valence electrons. The third-order valence-corrected chi connectivity index (χ3v) is 4.38. The lowest BCUT2D eigenvalue weighted by molar-refractivity contribution is -0.00463. The number of nitrogens with zero attached hydrogens (tertiary/aromatic N) is 4. The molecule has 0 N–H and O–H groups in total. The van der Waals surface area contributed by atoms with E-state index >= 15 is 0 Å². The second-order valence-electron chi connectivity index (χ2n) is 5.77. The van der Waals surface area contributed by atoms with Crippen LogP contribution in [0.25, 0.3) is 5.52 Å². The first-order valence-corrected chi connectivity index (χ1v) is 7.66. The van der Waals surface area contributed by atoms with Crippen molar-refractivity contribution < 1.29 is 9.53 Å². The lowest BCUT2D eigenvalue weighted by Gasteiger charge is -2.36. The fraction of sp³-hybridized carbons (Fsp3) is 0.294. The average molecular weight is 310 g/mol. The van der Waals surface area contributed by atoms with Gasteiger partial charge in [-0.15, -0.1) is 0 Å². The monoisotopic (exact) mass is 310 g/mol. The topological polar surface area (TPSA) is 51.8 Å². The van der Waals surface area contributed by atoms with Gasteiger partial charge in [-0.1, -0.05) is 0 Å². The van der Waals surface area contributed by atoms with Gasteiger partial charge >= 0.3 is 0 Å². The molecular formula is C17H18N4O2. The van der Waals surface area contributed by atoms with Crippen LogP contribution in [0.5, 0.6) is 0 Å². The van der Waals surface area contributed by atoms with Gasteiger partial charge in [-0.25, -0.2) is 4.98 Å². The summed E-state index contributed by atoms with van der Waals surface area (Å²) in [6.07, 6.45) is 7.34. The number of fused-ring (bicyclic) bond motifs is 1. The SMILES string of the molecule is Cn1cccc1C1COCCN1C(=O)c1ccn2cncc2c1. The molecule has 1 atom stereocenters. The normalized spacial score (nSPS) is 18.5. The van der Waals surface area contributed by atoms with Gasteiger partial charge in [-0.2, -0.15) is 0 Å². The molecule has 1 aliphatic heterocycles. The van der Waals surface area contributed by atoms with E-state index in [9.17, 15) is 4.79 Å². The number of aryl methyl sites for hydroxylation is 1. The fourth-order valence-electron chi connectivity index (χ4n) is 3.13. The molecule has 6 nitrogen and oxygen atoms in total. The number of carbonyl (C=O) groups excluding carboxylic acids is 1. The number of morpholine rings is 1. The molecule has 3 aromatic rings. The molecule has 1 saturated heterocycles. The number of ether oxygens (including phenoxy) is 1. The predicted molar refractivity (Wildman–Crippen MR) is 85.2 cm³/mol. The number of rotatable bonds is 2. The van der Waals surface area contributed by atoms with Crippen LogP contribution in [-0.4, -0.2) is 44.5 Å². The van der Waals surface area contributed by atoms with Crippen LogP contribution in [0.3, 0.4) is 0 Å². The summed E-state index contributed by atoms with van der Waals surface area (Å²) in [5, 5.41) is 0. The quantitative estimate of drug-likeness (QED) is 0.726. The van der Waals surface area contributed by atoms with Crippen molar-refractivity contribution in [1.82, 2.24) is 18.9 Å². The summed E-state index contributed by atoms with van der Waals surface area (Å²) in [7, 11) is 1.99. The fourth-order valence-corrected chi connectivity index (χ4v) is 3.13. The molecule has 23 heavy (non-hydrogen) atoms. The number of carbonyl (C=O) groups is 1. The van der Waals surface area contributed by atoms with E-state index in [4.69, 9.17) is 4.74 Å². The van der Waals surface area contributed by atoms with E-state index in [1.54, 1.807) is 12.5 Å². The van der Waals surface area contributed by atoms with Gasteiger partial charge in [0.05, 0.1) is 37.3 Å². The Labute approximate surface area is 133 Å². The summed E-state index contributed by atoms with van der Waals surface area (Å²) >= 11 is 0. The van der Waals surface area contributed by atoms with Crippen LogP contribution < -0.4 is 0 Å². The number of aromatic nitrogens is 3. The zero-order valence-electron chi connectivity index (χ0n) is 12.9. The molecule has 0 aromatic carbocycles. The van der Waals surface area contributed by atoms with Gasteiger partial charge < -0.3 is 18.6 Å². The Morgan fingerprint density at radius 2 is 2.26 bits per heavy atom. The van der Waals surface area contributed by atoms with Crippen molar-refractivity contribution >= 4 is 11.4 Å². The van der Waals surface area contributed by atoms with Gasteiger partial charge in [0.25, 0.3) is 5.91 Å². The Morgan fingerprint density at radius 3 is 3.09 bits per heavy atom. The molecule has 1 fully saturated rings. The zero-order valence-corrected chi connectivity index (χ0v) is 12.9. The van der Waals surface area contributed by atoms with Gasteiger partial charge in [-0.3, -0.25) is 4.79 Å². The summed E-state index contributed by atoms with van der Waals surface area (Å²) < 4.78 is 9.55. The van der Waals surface area contributed by atoms with Crippen LogP contribution in [0.1, 0.15) is 22.1 Å².